The summed E-state index contributed by atoms with van der Waals surface area (Å²) in [6.07, 6.45) is -0.470. The van der Waals surface area contributed by atoms with Gasteiger partial charge in [-0.2, -0.15) is 0 Å². The SMILES string of the molecule is CC(C)(C)OC(=O)NCc1cc2c3c(cccc3c1)NC2=O. The second-order valence-corrected chi connectivity index (χ2v) is 6.36. The lowest BCUT2D eigenvalue weighted by atomic mass is 10.0. The molecule has 0 bridgehead atoms. The molecule has 0 unspecified atom stereocenters. The minimum Gasteiger partial charge on any atom is -0.444 e. The van der Waals surface area contributed by atoms with E-state index in [0.717, 1.165) is 22.0 Å². The molecule has 5 nitrogen and oxygen atoms in total. The van der Waals surface area contributed by atoms with Crippen LogP contribution in [-0.4, -0.2) is 17.6 Å². The molecule has 0 saturated carbocycles. The van der Waals surface area contributed by atoms with Gasteiger partial charge in [0.25, 0.3) is 5.91 Å². The van der Waals surface area contributed by atoms with E-state index >= 15 is 0 Å². The highest BCUT2D eigenvalue weighted by atomic mass is 16.6. The van der Waals surface area contributed by atoms with Crippen LogP contribution in [0.4, 0.5) is 10.5 Å². The number of alkyl carbamates (subject to hydrolysis) is 1. The smallest absolute Gasteiger partial charge is 0.407 e. The molecular weight excluding hydrogens is 280 g/mol. The standard InChI is InChI=1S/C17H18N2O3/c1-17(2,3)22-16(21)18-9-10-7-11-5-4-6-13-14(11)12(8-10)15(20)19-13/h4-8H,9H2,1-3H3,(H,18,21)(H,19,20). The van der Waals surface area contributed by atoms with Gasteiger partial charge in [-0.05, 0) is 49.9 Å². The fourth-order valence-electron chi connectivity index (χ4n) is 2.55. The summed E-state index contributed by atoms with van der Waals surface area (Å²) in [5.41, 5.74) is 1.82. The van der Waals surface area contributed by atoms with Gasteiger partial charge in [0.15, 0.2) is 0 Å². The molecule has 22 heavy (non-hydrogen) atoms. The van der Waals surface area contributed by atoms with Crippen molar-refractivity contribution in [2.24, 2.45) is 0 Å². The quantitative estimate of drug-likeness (QED) is 0.892. The van der Waals surface area contributed by atoms with E-state index in [9.17, 15) is 9.59 Å². The normalized spacial score (nSPS) is 13.1. The third-order valence-corrected chi connectivity index (χ3v) is 3.37. The third kappa shape index (κ3) is 2.74. The summed E-state index contributed by atoms with van der Waals surface area (Å²) in [5.74, 6) is -0.106. The van der Waals surface area contributed by atoms with E-state index in [4.69, 9.17) is 4.74 Å². The Hall–Kier alpha value is -2.56. The summed E-state index contributed by atoms with van der Waals surface area (Å²) in [5, 5.41) is 7.47. The van der Waals surface area contributed by atoms with E-state index < -0.39 is 11.7 Å². The second kappa shape index (κ2) is 5.02. The number of hydrogen-bond donors (Lipinski definition) is 2. The molecule has 2 aromatic carbocycles. The molecule has 5 heteroatoms. The summed E-state index contributed by atoms with van der Waals surface area (Å²) >= 11 is 0. The van der Waals surface area contributed by atoms with Crippen molar-refractivity contribution in [2.75, 3.05) is 5.32 Å². The maximum atomic E-state index is 12.0. The molecule has 0 aromatic heterocycles. The zero-order chi connectivity index (χ0) is 15.9. The molecule has 0 radical (unpaired) electrons. The van der Waals surface area contributed by atoms with Gasteiger partial charge in [0.1, 0.15) is 5.60 Å². The van der Waals surface area contributed by atoms with Gasteiger partial charge in [0, 0.05) is 23.2 Å². The Labute approximate surface area is 128 Å². The van der Waals surface area contributed by atoms with Crippen LogP contribution in [0.3, 0.4) is 0 Å². The number of rotatable bonds is 2. The number of hydrogen-bond acceptors (Lipinski definition) is 3. The molecule has 0 saturated heterocycles. The van der Waals surface area contributed by atoms with Crippen LogP contribution in [0, 0.1) is 0 Å². The van der Waals surface area contributed by atoms with Crippen LogP contribution >= 0.6 is 0 Å². The summed E-state index contributed by atoms with van der Waals surface area (Å²) in [6, 6.07) is 9.53. The van der Waals surface area contributed by atoms with Crippen LogP contribution < -0.4 is 10.6 Å². The van der Waals surface area contributed by atoms with E-state index in [1.807, 2.05) is 51.1 Å². The highest BCUT2D eigenvalue weighted by molar-refractivity contribution is 6.24. The van der Waals surface area contributed by atoms with Gasteiger partial charge in [-0.15, -0.1) is 0 Å². The largest absolute Gasteiger partial charge is 0.444 e. The molecule has 114 valence electrons. The molecule has 0 aliphatic carbocycles. The first-order valence-corrected chi connectivity index (χ1v) is 7.17. The van der Waals surface area contributed by atoms with Crippen molar-refractivity contribution >= 4 is 28.5 Å². The number of carbonyl (C=O) groups excluding carboxylic acids is 2. The predicted molar refractivity (Wildman–Crippen MR) is 85.0 cm³/mol. The average molecular weight is 298 g/mol. The highest BCUT2D eigenvalue weighted by Gasteiger charge is 2.22. The molecule has 2 N–H and O–H groups in total. The van der Waals surface area contributed by atoms with Crippen molar-refractivity contribution < 1.29 is 14.3 Å². The number of benzene rings is 2. The van der Waals surface area contributed by atoms with Crippen molar-refractivity contribution in [1.29, 1.82) is 0 Å². The maximum Gasteiger partial charge on any atom is 0.407 e. The molecule has 1 aliphatic heterocycles. The summed E-state index contributed by atoms with van der Waals surface area (Å²) in [6.45, 7) is 5.76. The predicted octanol–water partition coefficient (Wildman–Crippen LogP) is 3.43. The Morgan fingerprint density at radius 3 is 2.77 bits per heavy atom. The lowest BCUT2D eigenvalue weighted by Crippen LogP contribution is -2.32. The Kier molecular flexibility index (Phi) is 3.28. The minimum absolute atomic E-state index is 0.106. The summed E-state index contributed by atoms with van der Waals surface area (Å²) < 4.78 is 5.21. The Balaban J connectivity index is 1.82. The number of amides is 2. The number of nitrogens with one attached hydrogen (secondary N) is 2. The van der Waals surface area contributed by atoms with E-state index in [2.05, 4.69) is 10.6 Å². The van der Waals surface area contributed by atoms with Crippen molar-refractivity contribution in [3.05, 3.63) is 41.5 Å². The Morgan fingerprint density at radius 1 is 1.27 bits per heavy atom. The van der Waals surface area contributed by atoms with Crippen molar-refractivity contribution in [3.8, 4) is 0 Å². The van der Waals surface area contributed by atoms with E-state index in [0.29, 0.717) is 12.1 Å². The van der Waals surface area contributed by atoms with Gasteiger partial charge in [-0.1, -0.05) is 12.1 Å². The van der Waals surface area contributed by atoms with Gasteiger partial charge in [-0.25, -0.2) is 4.79 Å². The van der Waals surface area contributed by atoms with Crippen LogP contribution in [0.15, 0.2) is 30.3 Å². The Bertz CT molecular complexity index is 775. The van der Waals surface area contributed by atoms with Crippen LogP contribution in [0.25, 0.3) is 10.8 Å². The third-order valence-electron chi connectivity index (χ3n) is 3.37. The molecule has 0 spiro atoms. The van der Waals surface area contributed by atoms with E-state index in [1.54, 1.807) is 0 Å². The molecule has 1 heterocycles. The monoisotopic (exact) mass is 298 g/mol. The molecule has 0 atom stereocenters. The zero-order valence-corrected chi connectivity index (χ0v) is 12.8. The minimum atomic E-state index is -0.531. The zero-order valence-electron chi connectivity index (χ0n) is 12.8. The average Bonchev–Trinajstić information content (AvgIpc) is 2.73. The van der Waals surface area contributed by atoms with Crippen LogP contribution in [0.5, 0.6) is 0 Å². The molecular formula is C17H18N2O3. The van der Waals surface area contributed by atoms with Gasteiger partial charge >= 0.3 is 6.09 Å². The topological polar surface area (TPSA) is 67.4 Å². The molecule has 3 rings (SSSR count). The number of carbonyl (C=O) groups is 2. The lowest BCUT2D eigenvalue weighted by molar-refractivity contribution is 0.0523. The molecule has 2 amide bonds. The van der Waals surface area contributed by atoms with Crippen molar-refractivity contribution in [2.45, 2.75) is 32.9 Å². The van der Waals surface area contributed by atoms with Crippen molar-refractivity contribution in [3.63, 3.8) is 0 Å². The molecule has 1 aliphatic rings. The second-order valence-electron chi connectivity index (χ2n) is 6.36. The first kappa shape index (κ1) is 14.4. The highest BCUT2D eigenvalue weighted by Crippen LogP contribution is 2.33. The Morgan fingerprint density at radius 2 is 2.05 bits per heavy atom. The summed E-state index contributed by atoms with van der Waals surface area (Å²) in [4.78, 5) is 23.7. The molecule has 0 fully saturated rings. The fourth-order valence-corrected chi connectivity index (χ4v) is 2.55. The van der Waals surface area contributed by atoms with Gasteiger partial charge < -0.3 is 15.4 Å². The van der Waals surface area contributed by atoms with Crippen molar-refractivity contribution in [1.82, 2.24) is 5.32 Å². The summed E-state index contributed by atoms with van der Waals surface area (Å²) in [7, 11) is 0. The van der Waals surface area contributed by atoms with Crippen LogP contribution in [0.2, 0.25) is 0 Å². The van der Waals surface area contributed by atoms with E-state index in [-0.39, 0.29) is 5.91 Å². The van der Waals surface area contributed by atoms with Gasteiger partial charge in [-0.3, -0.25) is 4.79 Å². The van der Waals surface area contributed by atoms with E-state index in [1.165, 1.54) is 0 Å². The first-order valence-electron chi connectivity index (χ1n) is 7.17. The maximum absolute atomic E-state index is 12.0. The number of anilines is 1. The lowest BCUT2D eigenvalue weighted by Gasteiger charge is -2.19. The molecule has 2 aromatic rings. The number of ether oxygens (including phenoxy) is 1. The van der Waals surface area contributed by atoms with Crippen LogP contribution in [-0.2, 0) is 11.3 Å². The van der Waals surface area contributed by atoms with Crippen LogP contribution in [0.1, 0.15) is 36.7 Å². The fraction of sp³-hybridized carbons (Fsp3) is 0.294. The van der Waals surface area contributed by atoms with Gasteiger partial charge in [0.2, 0.25) is 0 Å². The van der Waals surface area contributed by atoms with Gasteiger partial charge in [0.05, 0.1) is 0 Å². The first-order chi connectivity index (χ1) is 10.3.